The van der Waals surface area contributed by atoms with Crippen molar-refractivity contribution in [2.45, 2.75) is 136 Å². The van der Waals surface area contributed by atoms with Crippen molar-refractivity contribution in [3.63, 3.8) is 0 Å². The summed E-state index contributed by atoms with van der Waals surface area (Å²) in [5, 5.41) is 0. The van der Waals surface area contributed by atoms with Gasteiger partial charge in [0.1, 0.15) is 0 Å². The van der Waals surface area contributed by atoms with Crippen LogP contribution in [0.5, 0.6) is 0 Å². The molecule has 2 aromatic carbocycles. The molecular weight excluding hydrogens is 396 g/mol. The number of benzene rings is 2. The van der Waals surface area contributed by atoms with Crippen LogP contribution in [0, 0.1) is 0 Å². The first-order valence-corrected chi connectivity index (χ1v) is 14.5. The van der Waals surface area contributed by atoms with E-state index in [0.29, 0.717) is 0 Å². The Kier molecular flexibility index (Phi) is 10.5. The lowest BCUT2D eigenvalue weighted by Crippen LogP contribution is -2.26. The molecule has 0 radical (unpaired) electrons. The molecule has 2 aromatic rings. The third-order valence-corrected chi connectivity index (χ3v) is 8.04. The van der Waals surface area contributed by atoms with Gasteiger partial charge in [-0.1, -0.05) is 128 Å². The molecule has 0 heteroatoms. The predicted octanol–water partition coefficient (Wildman–Crippen LogP) is 10.6. The van der Waals surface area contributed by atoms with Gasteiger partial charge in [-0.15, -0.1) is 0 Å². The fourth-order valence-corrected chi connectivity index (χ4v) is 6.03. The van der Waals surface area contributed by atoms with Crippen molar-refractivity contribution in [2.75, 3.05) is 0 Å². The van der Waals surface area contributed by atoms with Crippen LogP contribution in [0.1, 0.15) is 140 Å². The quantitative estimate of drug-likeness (QED) is 0.225. The van der Waals surface area contributed by atoms with E-state index in [0.717, 1.165) is 0 Å². The summed E-state index contributed by atoms with van der Waals surface area (Å²) in [6.07, 6.45) is 21.1. The molecule has 0 aromatic heterocycles. The molecule has 0 spiro atoms. The molecular formula is C33H50. The Bertz CT molecular complexity index is 772. The monoisotopic (exact) mass is 446 g/mol. The van der Waals surface area contributed by atoms with Crippen molar-refractivity contribution in [3.05, 3.63) is 58.7 Å². The molecule has 0 nitrogen and oxygen atoms in total. The van der Waals surface area contributed by atoms with Crippen LogP contribution >= 0.6 is 0 Å². The molecule has 1 aliphatic rings. The van der Waals surface area contributed by atoms with Gasteiger partial charge in [-0.05, 0) is 71.9 Å². The number of fused-ring (bicyclic) bond motifs is 3. The number of hydrogen-bond acceptors (Lipinski definition) is 0. The molecule has 0 bridgehead atoms. The average Bonchev–Trinajstić information content (AvgIpc) is 3.10. The van der Waals surface area contributed by atoms with Gasteiger partial charge in [0.05, 0.1) is 0 Å². The van der Waals surface area contributed by atoms with Crippen molar-refractivity contribution in [2.24, 2.45) is 0 Å². The van der Waals surface area contributed by atoms with Crippen LogP contribution in [0.25, 0.3) is 11.1 Å². The molecule has 0 unspecified atom stereocenters. The van der Waals surface area contributed by atoms with Gasteiger partial charge in [0.15, 0.2) is 0 Å². The highest BCUT2D eigenvalue weighted by atomic mass is 14.4. The van der Waals surface area contributed by atoms with Crippen LogP contribution in [0.3, 0.4) is 0 Å². The highest BCUT2D eigenvalue weighted by Crippen LogP contribution is 2.54. The third-order valence-electron chi connectivity index (χ3n) is 8.04. The van der Waals surface area contributed by atoms with Crippen LogP contribution in [0.4, 0.5) is 0 Å². The van der Waals surface area contributed by atoms with Gasteiger partial charge in [0, 0.05) is 5.41 Å². The average molecular weight is 447 g/mol. The lowest BCUT2D eigenvalue weighted by Gasteiger charge is -2.33. The Labute approximate surface area is 205 Å². The minimum Gasteiger partial charge on any atom is -0.0654 e. The van der Waals surface area contributed by atoms with E-state index in [1.807, 2.05) is 0 Å². The molecule has 0 saturated carbocycles. The Hall–Kier alpha value is -1.56. The van der Waals surface area contributed by atoms with Crippen LogP contribution in [-0.4, -0.2) is 0 Å². The standard InChI is InChI=1S/C33H50/c1-5-9-13-15-23-33(24-16-14-10-6-2)31-25-27(17-11-7-3)19-21-29(31)30-22-20-28(18-12-8-4)26-32(30)33/h19-22,25-26H,5-18,23-24H2,1-4H3. The van der Waals surface area contributed by atoms with E-state index in [2.05, 4.69) is 64.1 Å². The number of rotatable bonds is 16. The summed E-state index contributed by atoms with van der Waals surface area (Å²) in [6.45, 7) is 9.29. The van der Waals surface area contributed by atoms with E-state index < -0.39 is 0 Å². The van der Waals surface area contributed by atoms with Crippen molar-refractivity contribution in [1.82, 2.24) is 0 Å². The third kappa shape index (κ3) is 6.32. The lowest BCUT2D eigenvalue weighted by atomic mass is 9.70. The second-order valence-electron chi connectivity index (χ2n) is 10.7. The Morgan fingerprint density at radius 1 is 0.485 bits per heavy atom. The van der Waals surface area contributed by atoms with Crippen LogP contribution in [-0.2, 0) is 18.3 Å². The second kappa shape index (κ2) is 13.4. The molecule has 0 fully saturated rings. The second-order valence-corrected chi connectivity index (χ2v) is 10.7. The van der Waals surface area contributed by atoms with Crippen molar-refractivity contribution in [3.8, 4) is 11.1 Å². The van der Waals surface area contributed by atoms with Gasteiger partial charge >= 0.3 is 0 Å². The van der Waals surface area contributed by atoms with Crippen LogP contribution in [0.2, 0.25) is 0 Å². The highest BCUT2D eigenvalue weighted by Gasteiger charge is 2.42. The molecule has 182 valence electrons. The Balaban J connectivity index is 2.05. The SMILES string of the molecule is CCCCCCC1(CCCCCC)c2cc(CCCC)ccc2-c2ccc(CCCC)cc21. The largest absolute Gasteiger partial charge is 0.0654 e. The highest BCUT2D eigenvalue weighted by molar-refractivity contribution is 5.81. The van der Waals surface area contributed by atoms with E-state index in [4.69, 9.17) is 0 Å². The van der Waals surface area contributed by atoms with Gasteiger partial charge in [-0.2, -0.15) is 0 Å². The van der Waals surface area contributed by atoms with E-state index >= 15 is 0 Å². The maximum atomic E-state index is 2.64. The minimum atomic E-state index is 0.233. The number of unbranched alkanes of at least 4 members (excludes halogenated alkanes) is 8. The van der Waals surface area contributed by atoms with Crippen LogP contribution in [0.15, 0.2) is 36.4 Å². The maximum absolute atomic E-state index is 2.64. The summed E-state index contributed by atoms with van der Waals surface area (Å²) in [5.41, 5.74) is 9.77. The summed E-state index contributed by atoms with van der Waals surface area (Å²) in [4.78, 5) is 0. The first kappa shape index (κ1) is 26.1. The van der Waals surface area contributed by atoms with E-state index in [-0.39, 0.29) is 5.41 Å². The summed E-state index contributed by atoms with van der Waals surface area (Å²) in [7, 11) is 0. The Morgan fingerprint density at radius 3 is 1.30 bits per heavy atom. The Morgan fingerprint density at radius 2 is 0.909 bits per heavy atom. The number of aryl methyl sites for hydroxylation is 2. The van der Waals surface area contributed by atoms with Crippen molar-refractivity contribution in [1.29, 1.82) is 0 Å². The molecule has 0 amide bonds. The smallest absolute Gasteiger partial charge is 0.0215 e. The maximum Gasteiger partial charge on any atom is 0.0215 e. The van der Waals surface area contributed by atoms with E-state index in [9.17, 15) is 0 Å². The molecule has 0 saturated heterocycles. The molecule has 0 aliphatic heterocycles. The van der Waals surface area contributed by atoms with Gasteiger partial charge < -0.3 is 0 Å². The van der Waals surface area contributed by atoms with Gasteiger partial charge in [-0.25, -0.2) is 0 Å². The van der Waals surface area contributed by atoms with E-state index in [1.165, 1.54) is 103 Å². The fraction of sp³-hybridized carbons (Fsp3) is 0.636. The molecule has 0 N–H and O–H groups in total. The first-order valence-electron chi connectivity index (χ1n) is 14.5. The van der Waals surface area contributed by atoms with Crippen molar-refractivity contribution >= 4 is 0 Å². The van der Waals surface area contributed by atoms with E-state index in [1.54, 1.807) is 33.4 Å². The summed E-state index contributed by atoms with van der Waals surface area (Å²) >= 11 is 0. The predicted molar refractivity (Wildman–Crippen MR) is 147 cm³/mol. The van der Waals surface area contributed by atoms with Gasteiger partial charge in [0.25, 0.3) is 0 Å². The summed E-state index contributed by atoms with van der Waals surface area (Å²) in [6, 6.07) is 15.1. The fourth-order valence-electron chi connectivity index (χ4n) is 6.03. The van der Waals surface area contributed by atoms with Crippen molar-refractivity contribution < 1.29 is 0 Å². The first-order chi connectivity index (χ1) is 16.2. The molecule has 3 rings (SSSR count). The minimum absolute atomic E-state index is 0.233. The van der Waals surface area contributed by atoms with Gasteiger partial charge in [0.2, 0.25) is 0 Å². The zero-order valence-corrected chi connectivity index (χ0v) is 22.3. The molecule has 33 heavy (non-hydrogen) atoms. The molecule has 1 aliphatic carbocycles. The number of hydrogen-bond donors (Lipinski definition) is 0. The summed E-state index contributed by atoms with van der Waals surface area (Å²) in [5.74, 6) is 0. The topological polar surface area (TPSA) is 0 Å². The lowest BCUT2D eigenvalue weighted by molar-refractivity contribution is 0.400. The van der Waals surface area contributed by atoms with Crippen LogP contribution < -0.4 is 0 Å². The zero-order chi connectivity index (χ0) is 23.5. The molecule has 0 heterocycles. The zero-order valence-electron chi connectivity index (χ0n) is 22.3. The summed E-state index contributed by atoms with van der Waals surface area (Å²) < 4.78 is 0. The molecule has 0 atom stereocenters. The van der Waals surface area contributed by atoms with Gasteiger partial charge in [-0.3, -0.25) is 0 Å². The normalized spacial score (nSPS) is 13.8.